The van der Waals surface area contributed by atoms with Crippen molar-refractivity contribution < 1.29 is 96.3 Å². The molecule has 30 nitrogen and oxygen atoms in total. The molecule has 1 saturated heterocycles. The lowest BCUT2D eigenvalue weighted by molar-refractivity contribution is -0.758. The average molecular weight is 1200 g/mol. The Morgan fingerprint density at radius 2 is 1.17 bits per heavy atom. The molecule has 2 aliphatic heterocycles. The molecular weight excluding hydrogens is 1140 g/mol. The number of piperazine rings is 1. The molecule has 6 rings (SSSR count). The number of carbonyl (C=O) groups excluding carboxylic acids is 4. The summed E-state index contributed by atoms with van der Waals surface area (Å²) in [6, 6.07) is 10.1. The first-order chi connectivity index (χ1) is 39.5. The molecule has 2 bridgehead atoms. The molecule has 1 saturated carbocycles. The van der Waals surface area contributed by atoms with Gasteiger partial charge in [-0.3, -0.25) is 9.69 Å². The Labute approximate surface area is 478 Å². The van der Waals surface area contributed by atoms with Crippen LogP contribution in [-0.2, 0) is 59.0 Å². The maximum Gasteiger partial charge on any atom is 0.508 e. The van der Waals surface area contributed by atoms with Crippen LogP contribution < -0.4 is 14.2 Å². The van der Waals surface area contributed by atoms with Crippen LogP contribution in [0.15, 0.2) is 54.2 Å². The van der Waals surface area contributed by atoms with Crippen LogP contribution in [0.25, 0.3) is 5.57 Å². The third-order valence-corrected chi connectivity index (χ3v) is 12.9. The molecule has 3 aromatic rings. The van der Waals surface area contributed by atoms with E-state index in [0.29, 0.717) is 56.6 Å². The van der Waals surface area contributed by atoms with E-state index in [-0.39, 0.29) is 149 Å². The van der Waals surface area contributed by atoms with Crippen LogP contribution in [0.5, 0.6) is 17.4 Å². The number of pyridine rings is 1. The Balaban J connectivity index is 1.23. The van der Waals surface area contributed by atoms with Crippen LogP contribution in [0.2, 0.25) is 10.0 Å². The largest absolute Gasteiger partial charge is 0.508 e. The molecule has 0 N–H and O–H groups in total. The molecule has 3 amide bonds. The number of benzene rings is 2. The molecule has 2 unspecified atom stereocenters. The van der Waals surface area contributed by atoms with Crippen molar-refractivity contribution in [3.8, 4) is 17.4 Å². The highest BCUT2D eigenvalue weighted by molar-refractivity contribution is 6.37. The number of rotatable bonds is 35. The number of hydrogen-bond donors (Lipinski definition) is 0. The predicted octanol–water partition coefficient (Wildman–Crippen LogP) is 5.65. The van der Waals surface area contributed by atoms with E-state index < -0.39 is 51.6 Å². The second-order valence-electron chi connectivity index (χ2n) is 18.0. The van der Waals surface area contributed by atoms with Gasteiger partial charge in [-0.25, -0.2) is 19.4 Å². The first-order valence-corrected chi connectivity index (χ1v) is 26.4. The highest BCUT2D eigenvalue weighted by Gasteiger charge is 2.50. The molecule has 0 radical (unpaired) electrons. The van der Waals surface area contributed by atoms with E-state index >= 15 is 4.79 Å². The second-order valence-corrected chi connectivity index (χ2v) is 18.8. The average Bonchev–Trinajstić information content (AvgIpc) is 2.90. The van der Waals surface area contributed by atoms with Gasteiger partial charge < -0.3 is 71.7 Å². The minimum absolute atomic E-state index is 0.0481. The Morgan fingerprint density at radius 1 is 0.646 bits per heavy atom. The monoisotopic (exact) mass is 1200 g/mol. The van der Waals surface area contributed by atoms with Gasteiger partial charge in [-0.05, 0) is 85.7 Å². The van der Waals surface area contributed by atoms with Gasteiger partial charge in [0.2, 0.25) is 5.88 Å². The van der Waals surface area contributed by atoms with Crippen molar-refractivity contribution in [1.29, 1.82) is 0 Å². The molecule has 3 aliphatic rings. The van der Waals surface area contributed by atoms with Gasteiger partial charge in [0.1, 0.15) is 71.8 Å². The summed E-state index contributed by atoms with van der Waals surface area (Å²) < 4.78 is 54.7. The van der Waals surface area contributed by atoms with Gasteiger partial charge in [-0.15, -0.1) is 30.3 Å². The number of amides is 3. The molecule has 448 valence electrons. The molecular formula is C50H61Cl2N7O23. The minimum atomic E-state index is -1.12. The number of nitrogens with zero attached hydrogens (tertiary/aromatic N) is 7. The van der Waals surface area contributed by atoms with Gasteiger partial charge in [0.15, 0.2) is 5.75 Å². The molecule has 2 atom stereocenters. The van der Waals surface area contributed by atoms with Crippen LogP contribution in [0, 0.1) is 44.2 Å². The van der Waals surface area contributed by atoms with Gasteiger partial charge in [-0.2, -0.15) is 0 Å². The molecule has 0 spiro atoms. The smallest absolute Gasteiger partial charge is 0.490 e. The van der Waals surface area contributed by atoms with Gasteiger partial charge in [0.25, 0.3) is 21.2 Å². The quantitative estimate of drug-likeness (QED) is 0.0226. The zero-order valence-electron chi connectivity index (χ0n) is 44.7. The Bertz CT molecular complexity index is 2680. The Morgan fingerprint density at radius 3 is 1.74 bits per heavy atom. The normalized spacial score (nSPS) is 15.4. The summed E-state index contributed by atoms with van der Waals surface area (Å²) in [5.41, 5.74) is 3.50. The van der Waals surface area contributed by atoms with E-state index in [1.165, 1.54) is 16.0 Å². The van der Waals surface area contributed by atoms with E-state index in [1.54, 1.807) is 54.3 Å². The number of carbonyl (C=O) groups is 4. The third-order valence-electron chi connectivity index (χ3n) is 12.3. The number of ether oxygens (including phenoxy) is 10. The van der Waals surface area contributed by atoms with Gasteiger partial charge in [0, 0.05) is 43.0 Å². The molecule has 1 aromatic heterocycles. The molecule has 2 fully saturated rings. The van der Waals surface area contributed by atoms with Gasteiger partial charge in [-0.1, -0.05) is 35.3 Å². The van der Waals surface area contributed by atoms with Crippen molar-refractivity contribution in [1.82, 2.24) is 19.7 Å². The van der Waals surface area contributed by atoms with Gasteiger partial charge >= 0.3 is 18.3 Å². The highest BCUT2D eigenvalue weighted by atomic mass is 35.5. The predicted molar refractivity (Wildman–Crippen MR) is 280 cm³/mol. The summed E-state index contributed by atoms with van der Waals surface area (Å²) in [5, 5.41) is 29.2. The topological polar surface area (TPSA) is 340 Å². The van der Waals surface area contributed by atoms with Crippen molar-refractivity contribution >= 4 is 53.0 Å². The fourth-order valence-electron chi connectivity index (χ4n) is 8.57. The molecule has 3 heterocycles. The fourth-order valence-corrected chi connectivity index (χ4v) is 9.27. The summed E-state index contributed by atoms with van der Waals surface area (Å²) >= 11 is 12.7. The minimum Gasteiger partial charge on any atom is -0.490 e. The first kappa shape index (κ1) is 63.3. The number of aryl methyl sites for hydroxylation is 1. The number of fused-ring (bicyclic) bond motifs is 2. The lowest BCUT2D eigenvalue weighted by Crippen LogP contribution is -2.65. The number of hydrogen-bond acceptors (Lipinski definition) is 24. The fraction of sp³-hybridized carbons (Fsp3) is 0.540. The van der Waals surface area contributed by atoms with Crippen LogP contribution >= 0.6 is 23.2 Å². The van der Waals surface area contributed by atoms with E-state index in [2.05, 4.69) is 19.5 Å². The van der Waals surface area contributed by atoms with E-state index in [1.807, 2.05) is 6.92 Å². The zero-order chi connectivity index (χ0) is 59.0. The summed E-state index contributed by atoms with van der Waals surface area (Å²) in [7, 11) is 0. The van der Waals surface area contributed by atoms with E-state index in [0.717, 1.165) is 5.56 Å². The summed E-state index contributed by atoms with van der Waals surface area (Å²) in [6.07, 6.45) is 0.251. The lowest BCUT2D eigenvalue weighted by atomic mass is 9.81. The maximum atomic E-state index is 15.7. The molecule has 32 heteroatoms. The lowest BCUT2D eigenvalue weighted by Gasteiger charge is -2.50. The van der Waals surface area contributed by atoms with E-state index in [4.69, 9.17) is 70.6 Å². The zero-order valence-corrected chi connectivity index (χ0v) is 46.2. The first-order valence-electron chi connectivity index (χ1n) is 25.6. The SMILES string of the molecule is Cc1cc(Cl)c(OCCOc2ccc(C3=C(C(=O)N(Cc4ccnc(OCCOC(=O)OCCOCCO[N+](=O)[O-])c4C)C4CC4)C4CN(C(=O)OCCOCCO[N+](=O)[O-])CC(C3)N4C(=O)OCCOCCO[N+](=O)[O-])cc2)c(Cl)c1. The van der Waals surface area contributed by atoms with Crippen molar-refractivity contribution in [2.24, 2.45) is 0 Å². The van der Waals surface area contributed by atoms with E-state index in [9.17, 15) is 44.7 Å². The van der Waals surface area contributed by atoms with Crippen LogP contribution in [0.4, 0.5) is 14.4 Å². The van der Waals surface area contributed by atoms with Crippen molar-refractivity contribution in [3.63, 3.8) is 0 Å². The van der Waals surface area contributed by atoms with Crippen molar-refractivity contribution in [2.75, 3.05) is 119 Å². The van der Waals surface area contributed by atoms with Gasteiger partial charge in [0.05, 0.1) is 61.8 Å². The standard InChI is InChI=1S/C50H61Cl2N7O23/c1-33-27-41(51)45(42(52)28-33)74-21-20-73-39-7-3-35(4-8-39)40-29-38-31-54(48(61)76-17-11-70-14-24-80-57(64)65)32-43(56(38)49(62)77-18-12-71-15-25-81-58(66)67)44(40)47(60)55(37-5-6-37)30-36-9-10-53-46(34(36)2)75-22-23-79-50(63)78-19-13-72-16-26-82-59(68)69/h3-4,7-10,27-28,37-38,43H,5-6,11-26,29-32H2,1-2H3. The van der Waals surface area contributed by atoms with Crippen LogP contribution in [0.3, 0.4) is 0 Å². The Hall–Kier alpha value is -7.93. The van der Waals surface area contributed by atoms with Crippen molar-refractivity contribution in [2.45, 2.75) is 57.8 Å². The number of aromatic nitrogens is 1. The third kappa shape index (κ3) is 20.0. The number of halogens is 2. The summed E-state index contributed by atoms with van der Waals surface area (Å²) in [4.78, 5) is 109. The summed E-state index contributed by atoms with van der Waals surface area (Å²) in [5.74, 6) is 0.545. The second kappa shape index (κ2) is 32.5. The molecule has 82 heavy (non-hydrogen) atoms. The van der Waals surface area contributed by atoms with Crippen LogP contribution in [-0.4, -0.2) is 196 Å². The van der Waals surface area contributed by atoms with Crippen LogP contribution in [0.1, 0.15) is 41.5 Å². The summed E-state index contributed by atoms with van der Waals surface area (Å²) in [6.45, 7) is 0.868. The van der Waals surface area contributed by atoms with Crippen molar-refractivity contribution in [3.05, 3.63) is 117 Å². The molecule has 2 aromatic carbocycles. The highest BCUT2D eigenvalue weighted by Crippen LogP contribution is 2.42. The maximum absolute atomic E-state index is 15.7. The molecule has 1 aliphatic carbocycles. The Kier molecular flexibility index (Phi) is 25.1.